The topological polar surface area (TPSA) is 88.1 Å². The predicted octanol–water partition coefficient (Wildman–Crippen LogP) is 4.18. The quantitative estimate of drug-likeness (QED) is 0.508. The van der Waals surface area contributed by atoms with Crippen molar-refractivity contribution >= 4 is 17.9 Å². The number of benzene rings is 1. The number of esters is 3. The summed E-state index contributed by atoms with van der Waals surface area (Å²) in [4.78, 5) is 37.6. The van der Waals surface area contributed by atoms with Gasteiger partial charge in [-0.1, -0.05) is 33.3 Å². The summed E-state index contributed by atoms with van der Waals surface area (Å²) in [5.74, 6) is -0.495. The normalized spacial score (nSPS) is 30.7. The van der Waals surface area contributed by atoms with Crippen LogP contribution in [0.1, 0.15) is 82.9 Å². The molecule has 1 aromatic rings. The number of fused-ring (bicyclic) bond motifs is 1. The zero-order valence-corrected chi connectivity index (χ0v) is 19.7. The van der Waals surface area contributed by atoms with E-state index in [0.717, 1.165) is 36.8 Å². The van der Waals surface area contributed by atoms with Crippen molar-refractivity contribution in [1.82, 2.24) is 0 Å². The number of carbonyl (C=O) groups excluding carboxylic acids is 3. The molecule has 0 aromatic heterocycles. The molecule has 0 spiro atoms. The fourth-order valence-electron chi connectivity index (χ4n) is 6.39. The predicted molar refractivity (Wildman–Crippen MR) is 115 cm³/mol. The van der Waals surface area contributed by atoms with Gasteiger partial charge in [0.05, 0.1) is 7.11 Å². The van der Waals surface area contributed by atoms with E-state index in [9.17, 15) is 14.4 Å². The van der Waals surface area contributed by atoms with Crippen LogP contribution in [0.4, 0.5) is 0 Å². The third-order valence-corrected chi connectivity index (χ3v) is 7.63. The zero-order valence-electron chi connectivity index (χ0n) is 19.7. The highest BCUT2D eigenvalue weighted by Crippen LogP contribution is 2.65. The summed E-state index contributed by atoms with van der Waals surface area (Å²) >= 11 is 0. The molecular formula is C25H32O7. The average Bonchev–Trinajstić information content (AvgIpc) is 2.70. The number of hydrogen-bond acceptors (Lipinski definition) is 7. The first-order valence-corrected chi connectivity index (χ1v) is 11.4. The largest absolute Gasteiger partial charge is 0.493 e. The lowest BCUT2D eigenvalue weighted by Crippen LogP contribution is -2.65. The van der Waals surface area contributed by atoms with Crippen LogP contribution in [0.15, 0.2) is 6.07 Å². The Hall–Kier alpha value is -2.57. The highest BCUT2D eigenvalue weighted by atomic mass is 16.7. The Morgan fingerprint density at radius 2 is 1.88 bits per heavy atom. The smallest absolute Gasteiger partial charge is 0.320 e. The van der Waals surface area contributed by atoms with E-state index >= 15 is 0 Å². The van der Waals surface area contributed by atoms with E-state index < -0.39 is 35.0 Å². The summed E-state index contributed by atoms with van der Waals surface area (Å²) in [6, 6.07) is 2.09. The van der Waals surface area contributed by atoms with Crippen molar-refractivity contribution in [3.63, 3.8) is 0 Å². The monoisotopic (exact) mass is 444 g/mol. The molecular weight excluding hydrogens is 412 g/mol. The second kappa shape index (κ2) is 7.78. The van der Waals surface area contributed by atoms with Gasteiger partial charge < -0.3 is 18.9 Å². The maximum Gasteiger partial charge on any atom is 0.320 e. The highest BCUT2D eigenvalue weighted by molar-refractivity contribution is 5.89. The Labute approximate surface area is 188 Å². The van der Waals surface area contributed by atoms with Crippen LogP contribution in [0, 0.1) is 11.3 Å². The van der Waals surface area contributed by atoms with Gasteiger partial charge in [0.15, 0.2) is 11.5 Å². The van der Waals surface area contributed by atoms with Gasteiger partial charge in [-0.2, -0.15) is 0 Å². The molecule has 3 aliphatic rings. The maximum atomic E-state index is 13.7. The molecule has 1 aromatic carbocycles. The molecule has 7 nitrogen and oxygen atoms in total. The number of carbonyl (C=O) groups is 3. The van der Waals surface area contributed by atoms with Crippen molar-refractivity contribution in [1.29, 1.82) is 0 Å². The molecule has 0 amide bonds. The molecule has 2 aliphatic carbocycles. The van der Waals surface area contributed by atoms with Gasteiger partial charge in [-0.15, -0.1) is 0 Å². The molecule has 4 atom stereocenters. The third-order valence-electron chi connectivity index (χ3n) is 7.63. The second-order valence-electron chi connectivity index (χ2n) is 9.88. The lowest BCUT2D eigenvalue weighted by molar-refractivity contribution is -0.259. The minimum absolute atomic E-state index is 0.106. The molecule has 1 aliphatic heterocycles. The van der Waals surface area contributed by atoms with Crippen LogP contribution < -0.4 is 9.47 Å². The van der Waals surface area contributed by atoms with E-state index in [1.54, 1.807) is 7.11 Å². The van der Waals surface area contributed by atoms with Crippen molar-refractivity contribution in [3.8, 4) is 11.5 Å². The number of cyclic esters (lactones) is 1. The number of rotatable bonds is 4. The summed E-state index contributed by atoms with van der Waals surface area (Å²) in [5.41, 5.74) is 1.16. The SMILES string of the molecule is COc1c(C(C)C)cc2c(c1OC(C)=O)[C@]13CCC[C@](C)([C@H](OC(C)=O)OC1=O)[C@@H]3CC2. The Morgan fingerprint density at radius 3 is 2.47 bits per heavy atom. The van der Waals surface area contributed by atoms with Crippen molar-refractivity contribution in [2.24, 2.45) is 11.3 Å². The summed E-state index contributed by atoms with van der Waals surface area (Å²) < 4.78 is 22.8. The number of ether oxygens (including phenoxy) is 4. The lowest BCUT2D eigenvalue weighted by Gasteiger charge is -2.59. The Bertz CT molecular complexity index is 981. The number of methoxy groups -OCH3 is 1. The Morgan fingerprint density at radius 1 is 1.16 bits per heavy atom. The summed E-state index contributed by atoms with van der Waals surface area (Å²) in [7, 11) is 1.56. The Kier molecular flexibility index (Phi) is 5.50. The standard InChI is InChI=1S/C25H32O7/c1-13(2)17-12-16-8-9-18-24(5)10-7-11-25(18,22(28)32-23(24)31-15(4)27)19(16)21(20(17)29-6)30-14(3)26/h12-13,18,23H,7-11H2,1-6H3/t18-,23+,24-,25+/m0/s1. The van der Waals surface area contributed by atoms with E-state index in [2.05, 4.69) is 19.9 Å². The third kappa shape index (κ3) is 3.11. The molecule has 0 unspecified atom stereocenters. The van der Waals surface area contributed by atoms with Gasteiger partial charge in [0, 0.05) is 30.4 Å². The van der Waals surface area contributed by atoms with E-state index in [0.29, 0.717) is 23.5 Å². The first kappa shape index (κ1) is 22.6. The summed E-state index contributed by atoms with van der Waals surface area (Å²) in [6.07, 6.45) is 2.72. The molecule has 1 heterocycles. The van der Waals surface area contributed by atoms with Gasteiger partial charge in [0.1, 0.15) is 5.41 Å². The number of aryl methyl sites for hydroxylation is 1. The van der Waals surface area contributed by atoms with Crippen molar-refractivity contribution in [2.45, 2.75) is 84.3 Å². The minimum atomic E-state index is -0.967. The molecule has 1 saturated heterocycles. The van der Waals surface area contributed by atoms with Gasteiger partial charge in [-0.3, -0.25) is 14.4 Å². The van der Waals surface area contributed by atoms with Crippen LogP contribution in [0.2, 0.25) is 0 Å². The van der Waals surface area contributed by atoms with E-state index in [-0.39, 0.29) is 11.8 Å². The molecule has 2 bridgehead atoms. The molecule has 32 heavy (non-hydrogen) atoms. The van der Waals surface area contributed by atoms with Crippen LogP contribution in [0.25, 0.3) is 0 Å². The second-order valence-corrected chi connectivity index (χ2v) is 9.88. The van der Waals surface area contributed by atoms with Crippen molar-refractivity contribution in [2.75, 3.05) is 7.11 Å². The highest BCUT2D eigenvalue weighted by Gasteiger charge is 2.68. The van der Waals surface area contributed by atoms with Gasteiger partial charge in [0.25, 0.3) is 6.29 Å². The molecule has 0 radical (unpaired) electrons. The van der Waals surface area contributed by atoms with Crippen LogP contribution in [0.3, 0.4) is 0 Å². The first-order valence-electron chi connectivity index (χ1n) is 11.4. The van der Waals surface area contributed by atoms with Gasteiger partial charge in [-0.25, -0.2) is 0 Å². The summed E-state index contributed by atoms with van der Waals surface area (Å²) in [5, 5.41) is 0. The van der Waals surface area contributed by atoms with Crippen LogP contribution in [0.5, 0.6) is 11.5 Å². The van der Waals surface area contributed by atoms with Crippen molar-refractivity contribution < 1.29 is 33.3 Å². The van der Waals surface area contributed by atoms with Gasteiger partial charge in [-0.05, 0) is 43.1 Å². The molecule has 0 N–H and O–H groups in total. The van der Waals surface area contributed by atoms with E-state index in [4.69, 9.17) is 18.9 Å². The van der Waals surface area contributed by atoms with Crippen LogP contribution >= 0.6 is 0 Å². The van der Waals surface area contributed by atoms with Crippen LogP contribution in [-0.2, 0) is 35.7 Å². The average molecular weight is 445 g/mol. The first-order chi connectivity index (χ1) is 15.1. The van der Waals surface area contributed by atoms with Crippen LogP contribution in [-0.4, -0.2) is 31.3 Å². The fourth-order valence-corrected chi connectivity index (χ4v) is 6.39. The number of hydrogen-bond donors (Lipinski definition) is 0. The van der Waals surface area contributed by atoms with Crippen molar-refractivity contribution in [3.05, 3.63) is 22.8 Å². The molecule has 1 saturated carbocycles. The Balaban J connectivity index is 1.99. The molecule has 4 rings (SSSR count). The minimum Gasteiger partial charge on any atom is -0.493 e. The molecule has 174 valence electrons. The van der Waals surface area contributed by atoms with E-state index in [1.807, 2.05) is 6.92 Å². The van der Waals surface area contributed by atoms with Gasteiger partial charge >= 0.3 is 17.9 Å². The lowest BCUT2D eigenvalue weighted by atomic mass is 9.47. The molecule has 7 heteroatoms. The molecule has 2 fully saturated rings. The van der Waals surface area contributed by atoms with Gasteiger partial charge in [0.2, 0.25) is 0 Å². The fraction of sp³-hybridized carbons (Fsp3) is 0.640. The summed E-state index contributed by atoms with van der Waals surface area (Å²) in [6.45, 7) is 8.84. The zero-order chi connectivity index (χ0) is 23.4. The van der Waals surface area contributed by atoms with E-state index in [1.165, 1.54) is 13.8 Å². The maximum absolute atomic E-state index is 13.7.